The number of hydrogen-bond acceptors (Lipinski definition) is 5. The molecule has 0 radical (unpaired) electrons. The third-order valence-electron chi connectivity index (χ3n) is 4.21. The average molecular weight is 413 g/mol. The van der Waals surface area contributed by atoms with E-state index in [4.69, 9.17) is 9.47 Å². The molecular weight excluding hydrogens is 386 g/mol. The maximum absolute atomic E-state index is 12.4. The first-order valence-electron chi connectivity index (χ1n) is 9.58. The number of benzene rings is 2. The SMILES string of the molecule is COc1cccc(CNC(=O)COC(=O)[C@@H](NC(=O)Nc2ccccc2)C(C)C)c1. The molecule has 0 saturated carbocycles. The number of carbonyl (C=O) groups excluding carboxylic acids is 3. The smallest absolute Gasteiger partial charge is 0.329 e. The fraction of sp³-hybridized carbons (Fsp3) is 0.318. The topological polar surface area (TPSA) is 106 Å². The van der Waals surface area contributed by atoms with Crippen molar-refractivity contribution in [3.8, 4) is 5.75 Å². The van der Waals surface area contributed by atoms with Crippen LogP contribution < -0.4 is 20.7 Å². The van der Waals surface area contributed by atoms with Crippen LogP contribution >= 0.6 is 0 Å². The van der Waals surface area contributed by atoms with E-state index in [-0.39, 0.29) is 12.5 Å². The standard InChI is InChI=1S/C22H27N3O5/c1-15(2)20(25-22(28)24-17-9-5-4-6-10-17)21(27)30-14-19(26)23-13-16-8-7-11-18(12-16)29-3/h4-12,15,20H,13-14H2,1-3H3,(H,23,26)(H2,24,25,28)/t20-/m0/s1. The van der Waals surface area contributed by atoms with E-state index >= 15 is 0 Å². The molecule has 160 valence electrons. The molecule has 8 heteroatoms. The van der Waals surface area contributed by atoms with E-state index in [9.17, 15) is 14.4 Å². The Balaban J connectivity index is 1.80. The van der Waals surface area contributed by atoms with Crippen LogP contribution in [0, 0.1) is 5.92 Å². The van der Waals surface area contributed by atoms with Gasteiger partial charge in [-0.1, -0.05) is 44.2 Å². The molecule has 0 aliphatic carbocycles. The van der Waals surface area contributed by atoms with E-state index in [0.717, 1.165) is 5.56 Å². The Morgan fingerprint density at radius 3 is 2.40 bits per heavy atom. The van der Waals surface area contributed by atoms with Gasteiger partial charge in [0.1, 0.15) is 11.8 Å². The van der Waals surface area contributed by atoms with Gasteiger partial charge in [0.2, 0.25) is 0 Å². The Labute approximate surface area is 175 Å². The Bertz CT molecular complexity index is 855. The van der Waals surface area contributed by atoms with E-state index in [2.05, 4.69) is 16.0 Å². The lowest BCUT2D eigenvalue weighted by Crippen LogP contribution is -2.47. The monoisotopic (exact) mass is 413 g/mol. The van der Waals surface area contributed by atoms with E-state index in [1.807, 2.05) is 18.2 Å². The number of esters is 1. The Kier molecular flexibility index (Phi) is 8.68. The molecule has 30 heavy (non-hydrogen) atoms. The van der Waals surface area contributed by atoms with Crippen molar-refractivity contribution >= 4 is 23.6 Å². The Morgan fingerprint density at radius 2 is 1.73 bits per heavy atom. The summed E-state index contributed by atoms with van der Waals surface area (Å²) in [7, 11) is 1.57. The number of carbonyl (C=O) groups is 3. The van der Waals surface area contributed by atoms with Crippen molar-refractivity contribution in [3.63, 3.8) is 0 Å². The molecule has 1 atom stereocenters. The number of amides is 3. The number of para-hydroxylation sites is 1. The summed E-state index contributed by atoms with van der Waals surface area (Å²) in [6.45, 7) is 3.39. The van der Waals surface area contributed by atoms with Crippen molar-refractivity contribution in [1.82, 2.24) is 10.6 Å². The van der Waals surface area contributed by atoms with Gasteiger partial charge >= 0.3 is 12.0 Å². The van der Waals surface area contributed by atoms with Crippen molar-refractivity contribution in [2.24, 2.45) is 5.92 Å². The van der Waals surface area contributed by atoms with Crippen LogP contribution in [0.1, 0.15) is 19.4 Å². The molecular formula is C22H27N3O5. The average Bonchev–Trinajstić information content (AvgIpc) is 2.75. The Hall–Kier alpha value is -3.55. The summed E-state index contributed by atoms with van der Waals surface area (Å²) >= 11 is 0. The molecule has 0 aliphatic heterocycles. The van der Waals surface area contributed by atoms with Crippen molar-refractivity contribution in [1.29, 1.82) is 0 Å². The largest absolute Gasteiger partial charge is 0.497 e. The summed E-state index contributed by atoms with van der Waals surface area (Å²) in [5.74, 6) is -0.654. The summed E-state index contributed by atoms with van der Waals surface area (Å²) in [5, 5.41) is 7.91. The van der Waals surface area contributed by atoms with Crippen LogP contribution in [0.5, 0.6) is 5.75 Å². The van der Waals surface area contributed by atoms with Gasteiger partial charge in [-0.15, -0.1) is 0 Å². The van der Waals surface area contributed by atoms with Gasteiger partial charge in [0.25, 0.3) is 5.91 Å². The van der Waals surface area contributed by atoms with Crippen molar-refractivity contribution < 1.29 is 23.9 Å². The second-order valence-corrected chi connectivity index (χ2v) is 6.92. The quantitative estimate of drug-likeness (QED) is 0.548. The van der Waals surface area contributed by atoms with Crippen LogP contribution in [0.2, 0.25) is 0 Å². The number of rotatable bonds is 9. The molecule has 3 amide bonds. The number of anilines is 1. The molecule has 0 saturated heterocycles. The third kappa shape index (κ3) is 7.46. The van der Waals surface area contributed by atoms with Crippen molar-refractivity contribution in [3.05, 3.63) is 60.2 Å². The molecule has 0 aliphatic rings. The number of urea groups is 1. The van der Waals surface area contributed by atoms with Gasteiger partial charge in [-0.3, -0.25) is 4.79 Å². The van der Waals surface area contributed by atoms with Gasteiger partial charge in [-0.25, -0.2) is 9.59 Å². The molecule has 3 N–H and O–H groups in total. The summed E-state index contributed by atoms with van der Waals surface area (Å²) in [6, 6.07) is 14.7. The highest BCUT2D eigenvalue weighted by atomic mass is 16.5. The van der Waals surface area contributed by atoms with E-state index < -0.39 is 30.6 Å². The molecule has 2 aromatic carbocycles. The fourth-order valence-corrected chi connectivity index (χ4v) is 2.59. The minimum absolute atomic E-state index is 0.223. The first-order valence-corrected chi connectivity index (χ1v) is 9.58. The van der Waals surface area contributed by atoms with Gasteiger partial charge in [-0.2, -0.15) is 0 Å². The zero-order valence-corrected chi connectivity index (χ0v) is 17.3. The van der Waals surface area contributed by atoms with E-state index in [1.54, 1.807) is 57.4 Å². The Morgan fingerprint density at radius 1 is 1.00 bits per heavy atom. The van der Waals surface area contributed by atoms with Crippen LogP contribution in [0.25, 0.3) is 0 Å². The van der Waals surface area contributed by atoms with Crippen LogP contribution in [-0.4, -0.2) is 37.7 Å². The predicted molar refractivity (Wildman–Crippen MR) is 113 cm³/mol. The first-order chi connectivity index (χ1) is 14.4. The highest BCUT2D eigenvalue weighted by molar-refractivity contribution is 5.93. The van der Waals surface area contributed by atoms with Gasteiger partial charge < -0.3 is 25.4 Å². The first kappa shape index (κ1) is 22.7. The molecule has 0 aromatic heterocycles. The second-order valence-electron chi connectivity index (χ2n) is 6.92. The van der Waals surface area contributed by atoms with E-state index in [1.165, 1.54) is 0 Å². The molecule has 0 heterocycles. The number of nitrogens with one attached hydrogen (secondary N) is 3. The minimum atomic E-state index is -0.889. The fourth-order valence-electron chi connectivity index (χ4n) is 2.59. The maximum Gasteiger partial charge on any atom is 0.329 e. The zero-order valence-electron chi connectivity index (χ0n) is 17.3. The van der Waals surface area contributed by atoms with Crippen molar-refractivity contribution in [2.75, 3.05) is 19.0 Å². The van der Waals surface area contributed by atoms with Crippen molar-refractivity contribution in [2.45, 2.75) is 26.4 Å². The predicted octanol–water partition coefficient (Wildman–Crippen LogP) is 2.70. The highest BCUT2D eigenvalue weighted by Crippen LogP contribution is 2.12. The summed E-state index contributed by atoms with van der Waals surface area (Å²) in [6.07, 6.45) is 0. The van der Waals surface area contributed by atoms with Crippen LogP contribution in [-0.2, 0) is 20.9 Å². The summed E-state index contributed by atoms with van der Waals surface area (Å²) < 4.78 is 10.2. The van der Waals surface area contributed by atoms with Crippen LogP contribution in [0.3, 0.4) is 0 Å². The minimum Gasteiger partial charge on any atom is -0.497 e. The second kappa shape index (κ2) is 11.5. The third-order valence-corrected chi connectivity index (χ3v) is 4.21. The van der Waals surface area contributed by atoms with Gasteiger partial charge in [0, 0.05) is 12.2 Å². The molecule has 2 rings (SSSR count). The van der Waals surface area contributed by atoms with Gasteiger partial charge in [-0.05, 0) is 35.7 Å². The lowest BCUT2D eigenvalue weighted by Gasteiger charge is -2.21. The highest BCUT2D eigenvalue weighted by Gasteiger charge is 2.26. The molecule has 2 aromatic rings. The number of ether oxygens (including phenoxy) is 2. The van der Waals surface area contributed by atoms with E-state index in [0.29, 0.717) is 11.4 Å². The lowest BCUT2D eigenvalue weighted by molar-refractivity contribution is -0.151. The number of hydrogen-bond donors (Lipinski definition) is 3. The van der Waals surface area contributed by atoms with Gasteiger partial charge in [0.05, 0.1) is 7.11 Å². The molecule has 0 fully saturated rings. The zero-order chi connectivity index (χ0) is 21.9. The normalized spacial score (nSPS) is 11.3. The number of methoxy groups -OCH3 is 1. The molecule has 0 spiro atoms. The van der Waals surface area contributed by atoms with Gasteiger partial charge in [0.15, 0.2) is 6.61 Å². The molecule has 0 unspecified atom stereocenters. The summed E-state index contributed by atoms with van der Waals surface area (Å²) in [4.78, 5) is 36.5. The van der Waals surface area contributed by atoms with Crippen LogP contribution in [0.15, 0.2) is 54.6 Å². The van der Waals surface area contributed by atoms with Crippen LogP contribution in [0.4, 0.5) is 10.5 Å². The molecule has 8 nitrogen and oxygen atoms in total. The lowest BCUT2D eigenvalue weighted by atomic mass is 10.1. The maximum atomic E-state index is 12.4. The molecule has 0 bridgehead atoms. The summed E-state index contributed by atoms with van der Waals surface area (Å²) in [5.41, 5.74) is 1.45.